The van der Waals surface area contributed by atoms with Crippen LogP contribution in [0.15, 0.2) is 79.3 Å². The van der Waals surface area contributed by atoms with Crippen LogP contribution < -0.4 is 0 Å². The quantitative estimate of drug-likeness (QED) is 0.553. The fourth-order valence-electron chi connectivity index (χ4n) is 2.76. The molecule has 0 saturated heterocycles. The number of rotatable bonds is 3. The zero-order chi connectivity index (χ0) is 17.1. The molecule has 0 unspecified atom stereocenters. The van der Waals surface area contributed by atoms with Crippen molar-refractivity contribution in [2.24, 2.45) is 0 Å². The monoisotopic (exact) mass is 324 g/mol. The molecule has 4 aromatic rings. The highest BCUT2D eigenvalue weighted by atomic mass is 14.9. The second-order valence-electron chi connectivity index (χ2n) is 5.72. The van der Waals surface area contributed by atoms with Crippen molar-refractivity contribution in [1.82, 2.24) is 19.9 Å². The zero-order valence-corrected chi connectivity index (χ0v) is 13.8. The summed E-state index contributed by atoms with van der Waals surface area (Å²) in [5.41, 5.74) is 5.83. The van der Waals surface area contributed by atoms with Gasteiger partial charge in [0.05, 0.1) is 17.1 Å². The number of pyridine rings is 2. The average molecular weight is 324 g/mol. The van der Waals surface area contributed by atoms with Crippen LogP contribution in [-0.2, 0) is 0 Å². The van der Waals surface area contributed by atoms with E-state index in [2.05, 4.69) is 38.1 Å². The SMILES string of the molecule is Cc1nccc(-c2cc(-c3ccccn3)cc(-c3ccccn3)c2)n1. The molecule has 0 aliphatic rings. The standard InChI is InChI=1S/C21H16N4/c1-15-22-11-8-21(25-15)18-13-16(19-6-2-4-9-23-19)12-17(14-18)20-7-3-5-10-24-20/h2-14H,1H3. The molecule has 4 rings (SSSR count). The maximum Gasteiger partial charge on any atom is 0.125 e. The topological polar surface area (TPSA) is 51.6 Å². The highest BCUT2D eigenvalue weighted by molar-refractivity contribution is 5.77. The van der Waals surface area contributed by atoms with Crippen LogP contribution in [0.3, 0.4) is 0 Å². The van der Waals surface area contributed by atoms with Crippen molar-refractivity contribution in [3.8, 4) is 33.8 Å². The first-order chi connectivity index (χ1) is 12.3. The lowest BCUT2D eigenvalue weighted by Gasteiger charge is -2.10. The smallest absolute Gasteiger partial charge is 0.125 e. The Balaban J connectivity index is 1.92. The van der Waals surface area contributed by atoms with Crippen LogP contribution in [-0.4, -0.2) is 19.9 Å². The number of nitrogens with zero attached hydrogens (tertiary/aromatic N) is 4. The first kappa shape index (κ1) is 15.1. The van der Waals surface area contributed by atoms with Crippen LogP contribution in [0.5, 0.6) is 0 Å². The zero-order valence-electron chi connectivity index (χ0n) is 13.8. The van der Waals surface area contributed by atoms with E-state index in [1.165, 1.54) is 0 Å². The van der Waals surface area contributed by atoms with Crippen molar-refractivity contribution < 1.29 is 0 Å². The lowest BCUT2D eigenvalue weighted by atomic mass is 9.99. The Hall–Kier alpha value is -3.40. The van der Waals surface area contributed by atoms with Gasteiger partial charge in [-0.25, -0.2) is 9.97 Å². The van der Waals surface area contributed by atoms with Gasteiger partial charge in [-0.1, -0.05) is 12.1 Å². The van der Waals surface area contributed by atoms with Gasteiger partial charge in [0, 0.05) is 35.3 Å². The van der Waals surface area contributed by atoms with E-state index >= 15 is 0 Å². The summed E-state index contributed by atoms with van der Waals surface area (Å²) in [7, 11) is 0. The van der Waals surface area contributed by atoms with Gasteiger partial charge in [0.2, 0.25) is 0 Å². The molecule has 120 valence electrons. The van der Waals surface area contributed by atoms with E-state index in [9.17, 15) is 0 Å². The Morgan fingerprint density at radius 3 is 1.60 bits per heavy atom. The molecule has 4 nitrogen and oxygen atoms in total. The molecule has 0 aliphatic carbocycles. The first-order valence-corrected chi connectivity index (χ1v) is 8.07. The second kappa shape index (κ2) is 6.61. The fraction of sp³-hybridized carbons (Fsp3) is 0.0476. The third-order valence-corrected chi connectivity index (χ3v) is 3.93. The van der Waals surface area contributed by atoms with Crippen molar-refractivity contribution in [1.29, 1.82) is 0 Å². The van der Waals surface area contributed by atoms with Gasteiger partial charge >= 0.3 is 0 Å². The summed E-state index contributed by atoms with van der Waals surface area (Å²) in [6.07, 6.45) is 5.39. The third kappa shape index (κ3) is 3.28. The highest BCUT2D eigenvalue weighted by Gasteiger charge is 2.09. The van der Waals surface area contributed by atoms with Crippen LogP contribution in [0, 0.1) is 6.92 Å². The molecule has 0 radical (unpaired) electrons. The number of aromatic nitrogens is 4. The van der Waals surface area contributed by atoms with Crippen LogP contribution in [0.1, 0.15) is 5.82 Å². The van der Waals surface area contributed by atoms with Crippen LogP contribution >= 0.6 is 0 Å². The van der Waals surface area contributed by atoms with Crippen LogP contribution in [0.2, 0.25) is 0 Å². The molecule has 0 aliphatic heterocycles. The summed E-state index contributed by atoms with van der Waals surface area (Å²) in [5.74, 6) is 0.750. The average Bonchev–Trinajstić information content (AvgIpc) is 2.69. The van der Waals surface area contributed by atoms with Crippen molar-refractivity contribution in [2.75, 3.05) is 0 Å². The highest BCUT2D eigenvalue weighted by Crippen LogP contribution is 2.30. The number of aryl methyl sites for hydroxylation is 1. The van der Waals surface area contributed by atoms with Gasteiger partial charge in [0.1, 0.15) is 5.82 Å². The molecule has 3 aromatic heterocycles. The van der Waals surface area contributed by atoms with Crippen molar-refractivity contribution >= 4 is 0 Å². The number of benzene rings is 1. The molecule has 0 atom stereocenters. The van der Waals surface area contributed by atoms with Crippen molar-refractivity contribution in [2.45, 2.75) is 6.92 Å². The summed E-state index contributed by atoms with van der Waals surface area (Å²) in [4.78, 5) is 17.7. The van der Waals surface area contributed by atoms with E-state index in [1.807, 2.05) is 49.4 Å². The van der Waals surface area contributed by atoms with Crippen molar-refractivity contribution in [3.63, 3.8) is 0 Å². The first-order valence-electron chi connectivity index (χ1n) is 8.07. The van der Waals surface area contributed by atoms with Crippen LogP contribution in [0.4, 0.5) is 0 Å². The van der Waals surface area contributed by atoms with E-state index in [1.54, 1.807) is 18.6 Å². The van der Waals surface area contributed by atoms with Gasteiger partial charge < -0.3 is 0 Å². The Kier molecular flexibility index (Phi) is 4.01. The molecule has 25 heavy (non-hydrogen) atoms. The molecule has 0 bridgehead atoms. The van der Waals surface area contributed by atoms with Crippen molar-refractivity contribution in [3.05, 3.63) is 85.1 Å². The lowest BCUT2D eigenvalue weighted by Crippen LogP contribution is -1.92. The Bertz CT molecular complexity index is 941. The van der Waals surface area contributed by atoms with Gasteiger partial charge in [-0.05, 0) is 55.5 Å². The Labute approximate surface area is 146 Å². The molecule has 1 aromatic carbocycles. The van der Waals surface area contributed by atoms with E-state index in [0.29, 0.717) is 0 Å². The lowest BCUT2D eigenvalue weighted by molar-refractivity contribution is 1.06. The normalized spacial score (nSPS) is 10.6. The van der Waals surface area contributed by atoms with E-state index < -0.39 is 0 Å². The Morgan fingerprint density at radius 2 is 1.12 bits per heavy atom. The van der Waals surface area contributed by atoms with Gasteiger partial charge in [0.15, 0.2) is 0 Å². The molecule has 4 heteroatoms. The largest absolute Gasteiger partial charge is 0.256 e. The Morgan fingerprint density at radius 1 is 0.560 bits per heavy atom. The minimum atomic E-state index is 0.750. The molecule has 0 N–H and O–H groups in total. The molecular weight excluding hydrogens is 308 g/mol. The van der Waals surface area contributed by atoms with E-state index in [0.717, 1.165) is 39.6 Å². The van der Waals surface area contributed by atoms with Gasteiger partial charge in [0.25, 0.3) is 0 Å². The number of hydrogen-bond acceptors (Lipinski definition) is 4. The minimum absolute atomic E-state index is 0.750. The molecular formula is C21H16N4. The van der Waals surface area contributed by atoms with Gasteiger partial charge in [-0.15, -0.1) is 0 Å². The fourth-order valence-corrected chi connectivity index (χ4v) is 2.76. The molecule has 0 amide bonds. The van der Waals surface area contributed by atoms with Crippen LogP contribution in [0.25, 0.3) is 33.8 Å². The molecule has 0 fully saturated rings. The summed E-state index contributed by atoms with van der Waals surface area (Å²) in [6.45, 7) is 1.89. The summed E-state index contributed by atoms with van der Waals surface area (Å²) < 4.78 is 0. The maximum atomic E-state index is 4.56. The van der Waals surface area contributed by atoms with Gasteiger partial charge in [-0.3, -0.25) is 9.97 Å². The van der Waals surface area contributed by atoms with E-state index in [4.69, 9.17) is 0 Å². The third-order valence-electron chi connectivity index (χ3n) is 3.93. The molecule has 3 heterocycles. The summed E-state index contributed by atoms with van der Waals surface area (Å²) >= 11 is 0. The number of hydrogen-bond donors (Lipinski definition) is 0. The van der Waals surface area contributed by atoms with Gasteiger partial charge in [-0.2, -0.15) is 0 Å². The second-order valence-corrected chi connectivity index (χ2v) is 5.72. The summed E-state index contributed by atoms with van der Waals surface area (Å²) in [5, 5.41) is 0. The minimum Gasteiger partial charge on any atom is -0.256 e. The molecule has 0 saturated carbocycles. The molecule has 0 spiro atoms. The predicted molar refractivity (Wildman–Crippen MR) is 98.7 cm³/mol. The summed E-state index contributed by atoms with van der Waals surface area (Å²) in [6, 6.07) is 20.1. The maximum absolute atomic E-state index is 4.56. The predicted octanol–water partition coefficient (Wildman–Crippen LogP) is 4.58. The van der Waals surface area contributed by atoms with E-state index in [-0.39, 0.29) is 0 Å².